The van der Waals surface area contributed by atoms with Gasteiger partial charge in [0.1, 0.15) is 0 Å². The molecule has 1 aromatic carbocycles. The molecular formula is C20H19F3N4O3S. The fraction of sp³-hybridized carbons (Fsp3) is 0.250. The third kappa shape index (κ3) is 6.07. The first-order chi connectivity index (χ1) is 14.8. The minimum atomic E-state index is -4.74. The standard InChI is InChI=1S/C20H19F3N4O3S/c1-2-17-25-13(11-31-17)7-8-24-19(29)27-15-6-5-12(10-14(15)20(21,22)23)26-18(28)16-4-3-9-30-16/h3-6,9-11H,2,7-8H2,1H3,(H,26,28)(H2,24,27,29). The second-order valence-electron chi connectivity index (χ2n) is 6.41. The predicted octanol–water partition coefficient (Wildman–Crippen LogP) is 4.93. The summed E-state index contributed by atoms with van der Waals surface area (Å²) in [7, 11) is 0. The number of carbonyl (C=O) groups is 2. The fourth-order valence-corrected chi connectivity index (χ4v) is 3.44. The zero-order valence-electron chi connectivity index (χ0n) is 16.4. The van der Waals surface area contributed by atoms with Crippen LogP contribution in [0.15, 0.2) is 46.4 Å². The largest absolute Gasteiger partial charge is 0.459 e. The summed E-state index contributed by atoms with van der Waals surface area (Å²) < 4.78 is 45.4. The Morgan fingerprint density at radius 1 is 1.19 bits per heavy atom. The Labute approximate surface area is 179 Å². The molecule has 0 aliphatic rings. The Morgan fingerprint density at radius 3 is 2.65 bits per heavy atom. The van der Waals surface area contributed by atoms with Gasteiger partial charge in [-0.3, -0.25) is 4.79 Å². The lowest BCUT2D eigenvalue weighted by Gasteiger charge is -2.16. The molecule has 0 radical (unpaired) electrons. The zero-order chi connectivity index (χ0) is 22.4. The van der Waals surface area contributed by atoms with Gasteiger partial charge in [0.15, 0.2) is 5.76 Å². The molecule has 0 unspecified atom stereocenters. The molecule has 0 spiro atoms. The van der Waals surface area contributed by atoms with E-state index in [4.69, 9.17) is 4.42 Å². The highest BCUT2D eigenvalue weighted by Gasteiger charge is 2.34. The van der Waals surface area contributed by atoms with Crippen molar-refractivity contribution in [2.24, 2.45) is 0 Å². The monoisotopic (exact) mass is 452 g/mol. The number of hydrogen-bond donors (Lipinski definition) is 3. The number of aromatic nitrogens is 1. The number of benzene rings is 1. The van der Waals surface area contributed by atoms with Crippen LogP contribution in [0, 0.1) is 0 Å². The van der Waals surface area contributed by atoms with Gasteiger partial charge in [0.05, 0.1) is 28.2 Å². The lowest BCUT2D eigenvalue weighted by molar-refractivity contribution is -0.136. The van der Waals surface area contributed by atoms with E-state index in [0.29, 0.717) is 6.42 Å². The second-order valence-corrected chi connectivity index (χ2v) is 7.35. The first-order valence-corrected chi connectivity index (χ1v) is 10.2. The lowest BCUT2D eigenvalue weighted by Crippen LogP contribution is -2.31. The number of rotatable bonds is 7. The van der Waals surface area contributed by atoms with Crippen molar-refractivity contribution >= 4 is 34.6 Å². The zero-order valence-corrected chi connectivity index (χ0v) is 17.2. The maximum atomic E-state index is 13.5. The normalized spacial score (nSPS) is 11.2. The van der Waals surface area contributed by atoms with Crippen LogP contribution in [-0.2, 0) is 19.0 Å². The van der Waals surface area contributed by atoms with Crippen LogP contribution in [0.2, 0.25) is 0 Å². The number of urea groups is 1. The van der Waals surface area contributed by atoms with Crippen LogP contribution in [0.3, 0.4) is 0 Å². The van der Waals surface area contributed by atoms with Crippen LogP contribution < -0.4 is 16.0 Å². The van der Waals surface area contributed by atoms with Gasteiger partial charge >= 0.3 is 12.2 Å². The van der Waals surface area contributed by atoms with E-state index in [1.54, 1.807) is 0 Å². The number of thiazole rings is 1. The number of hydrogen-bond acceptors (Lipinski definition) is 5. The molecule has 0 saturated heterocycles. The predicted molar refractivity (Wildman–Crippen MR) is 110 cm³/mol. The molecule has 2 aromatic heterocycles. The topological polar surface area (TPSA) is 96.3 Å². The Morgan fingerprint density at radius 2 is 2.00 bits per heavy atom. The summed E-state index contributed by atoms with van der Waals surface area (Å²) in [5, 5.41) is 9.92. The number of carbonyl (C=O) groups excluding carboxylic acids is 2. The van der Waals surface area contributed by atoms with E-state index in [2.05, 4.69) is 20.9 Å². The average Bonchev–Trinajstić information content (AvgIpc) is 3.40. The Balaban J connectivity index is 1.63. The van der Waals surface area contributed by atoms with E-state index >= 15 is 0 Å². The van der Waals surface area contributed by atoms with Gasteiger partial charge < -0.3 is 20.4 Å². The summed E-state index contributed by atoms with van der Waals surface area (Å²) in [5.74, 6) is -0.730. The minimum Gasteiger partial charge on any atom is -0.459 e. The minimum absolute atomic E-state index is 0.0405. The maximum Gasteiger partial charge on any atom is 0.418 e. The molecule has 2 heterocycles. The van der Waals surface area contributed by atoms with Crippen LogP contribution >= 0.6 is 11.3 Å². The smallest absolute Gasteiger partial charge is 0.418 e. The highest BCUT2D eigenvalue weighted by molar-refractivity contribution is 7.09. The molecule has 0 aliphatic carbocycles. The first-order valence-electron chi connectivity index (χ1n) is 9.30. The summed E-state index contributed by atoms with van der Waals surface area (Å²) in [6.45, 7) is 2.21. The molecule has 3 rings (SSSR count). The third-order valence-corrected chi connectivity index (χ3v) is 5.19. The van der Waals surface area contributed by atoms with E-state index in [-0.39, 0.29) is 18.0 Å². The van der Waals surface area contributed by atoms with Crippen molar-refractivity contribution in [1.82, 2.24) is 10.3 Å². The number of nitrogens with zero attached hydrogens (tertiary/aromatic N) is 1. The van der Waals surface area contributed by atoms with Gasteiger partial charge in [0, 0.05) is 24.0 Å². The van der Waals surface area contributed by atoms with Gasteiger partial charge in [0.25, 0.3) is 5.91 Å². The van der Waals surface area contributed by atoms with Crippen molar-refractivity contribution in [3.63, 3.8) is 0 Å². The van der Waals surface area contributed by atoms with Crippen molar-refractivity contribution in [3.05, 3.63) is 64.0 Å². The molecule has 3 N–H and O–H groups in total. The number of halogens is 3. The Hall–Kier alpha value is -3.34. The second kappa shape index (κ2) is 9.65. The van der Waals surface area contributed by atoms with Gasteiger partial charge in [0.2, 0.25) is 0 Å². The van der Waals surface area contributed by atoms with E-state index in [9.17, 15) is 22.8 Å². The van der Waals surface area contributed by atoms with E-state index in [1.807, 2.05) is 12.3 Å². The molecular weight excluding hydrogens is 433 g/mol. The van der Waals surface area contributed by atoms with Gasteiger partial charge in [-0.1, -0.05) is 6.92 Å². The van der Waals surface area contributed by atoms with Gasteiger partial charge in [-0.05, 0) is 36.8 Å². The molecule has 7 nitrogen and oxygen atoms in total. The van der Waals surface area contributed by atoms with Gasteiger partial charge in [-0.2, -0.15) is 13.2 Å². The van der Waals surface area contributed by atoms with E-state index < -0.39 is 29.4 Å². The van der Waals surface area contributed by atoms with Crippen molar-refractivity contribution in [3.8, 4) is 0 Å². The van der Waals surface area contributed by atoms with E-state index in [1.165, 1.54) is 35.8 Å². The number of nitrogens with one attached hydrogen (secondary N) is 3. The molecule has 0 saturated carbocycles. The number of alkyl halides is 3. The van der Waals surface area contributed by atoms with Crippen LogP contribution in [-0.4, -0.2) is 23.5 Å². The van der Waals surface area contributed by atoms with Crippen LogP contribution in [0.1, 0.15) is 33.7 Å². The van der Waals surface area contributed by atoms with Crippen molar-refractivity contribution in [1.29, 1.82) is 0 Å². The molecule has 164 valence electrons. The Kier molecular flexibility index (Phi) is 6.95. The highest BCUT2D eigenvalue weighted by atomic mass is 32.1. The molecule has 3 amide bonds. The number of aryl methyl sites for hydroxylation is 1. The molecule has 0 fully saturated rings. The third-order valence-electron chi connectivity index (χ3n) is 4.14. The maximum absolute atomic E-state index is 13.5. The molecule has 31 heavy (non-hydrogen) atoms. The Bertz CT molecular complexity index is 1050. The van der Waals surface area contributed by atoms with Crippen LogP contribution in [0.4, 0.5) is 29.3 Å². The van der Waals surface area contributed by atoms with Crippen molar-refractivity contribution in [2.45, 2.75) is 25.9 Å². The average molecular weight is 452 g/mol. The molecule has 3 aromatic rings. The summed E-state index contributed by atoms with van der Waals surface area (Å²) in [6.07, 6.45) is -2.19. The van der Waals surface area contributed by atoms with E-state index in [0.717, 1.165) is 29.3 Å². The fourth-order valence-electron chi connectivity index (χ4n) is 2.66. The lowest BCUT2D eigenvalue weighted by atomic mass is 10.1. The number of furan rings is 1. The summed E-state index contributed by atoms with van der Waals surface area (Å²) >= 11 is 1.52. The summed E-state index contributed by atoms with van der Waals surface area (Å²) in [6, 6.07) is 5.18. The van der Waals surface area contributed by atoms with Crippen LogP contribution in [0.5, 0.6) is 0 Å². The molecule has 11 heteroatoms. The highest BCUT2D eigenvalue weighted by Crippen LogP contribution is 2.36. The van der Waals surface area contributed by atoms with Crippen LogP contribution in [0.25, 0.3) is 0 Å². The quantitative estimate of drug-likeness (QED) is 0.473. The van der Waals surface area contributed by atoms with Gasteiger partial charge in [-0.15, -0.1) is 11.3 Å². The summed E-state index contributed by atoms with van der Waals surface area (Å²) in [4.78, 5) is 28.4. The van der Waals surface area contributed by atoms with Crippen molar-refractivity contribution in [2.75, 3.05) is 17.2 Å². The number of anilines is 2. The molecule has 0 bridgehead atoms. The van der Waals surface area contributed by atoms with Crippen molar-refractivity contribution < 1.29 is 27.2 Å². The molecule has 0 atom stereocenters. The summed E-state index contributed by atoms with van der Waals surface area (Å²) in [5.41, 5.74) is -0.792. The number of amides is 3. The molecule has 0 aliphatic heterocycles. The first kappa shape index (κ1) is 22.3. The van der Waals surface area contributed by atoms with Gasteiger partial charge in [-0.25, -0.2) is 9.78 Å². The SMILES string of the molecule is CCc1nc(CCNC(=O)Nc2ccc(NC(=O)c3ccco3)cc2C(F)(F)F)cs1.